The highest BCUT2D eigenvalue weighted by atomic mass is 15.2. The van der Waals surface area contributed by atoms with Crippen molar-refractivity contribution in [1.82, 2.24) is 9.80 Å². The molecule has 3 nitrogen and oxygen atoms in total. The SMILES string of the molecule is CC1CC(C)(C)CC1(CN)N(C)C1CCN(C)CC1. The Balaban J connectivity index is 2.13. The summed E-state index contributed by atoms with van der Waals surface area (Å²) in [6, 6.07) is 0.719. The summed E-state index contributed by atoms with van der Waals surface area (Å²) in [7, 11) is 4.57. The summed E-state index contributed by atoms with van der Waals surface area (Å²) < 4.78 is 0. The van der Waals surface area contributed by atoms with Crippen LogP contribution in [0.4, 0.5) is 0 Å². The maximum absolute atomic E-state index is 6.26. The molecule has 112 valence electrons. The monoisotopic (exact) mass is 267 g/mol. The van der Waals surface area contributed by atoms with E-state index in [0.717, 1.165) is 12.6 Å². The van der Waals surface area contributed by atoms with E-state index in [1.807, 2.05) is 0 Å². The Kier molecular flexibility index (Phi) is 4.29. The van der Waals surface area contributed by atoms with Crippen molar-refractivity contribution in [2.75, 3.05) is 33.7 Å². The first-order valence-electron chi connectivity index (χ1n) is 7.92. The van der Waals surface area contributed by atoms with Crippen LogP contribution in [0.5, 0.6) is 0 Å². The van der Waals surface area contributed by atoms with E-state index < -0.39 is 0 Å². The highest BCUT2D eigenvalue weighted by Crippen LogP contribution is 2.50. The number of hydrogen-bond acceptors (Lipinski definition) is 3. The summed E-state index contributed by atoms with van der Waals surface area (Å²) in [6.07, 6.45) is 5.14. The third-order valence-electron chi connectivity index (χ3n) is 5.85. The molecule has 0 aromatic heterocycles. The lowest BCUT2D eigenvalue weighted by molar-refractivity contribution is 0.0190. The van der Waals surface area contributed by atoms with Crippen LogP contribution in [-0.2, 0) is 0 Å². The lowest BCUT2D eigenvalue weighted by Crippen LogP contribution is -2.59. The van der Waals surface area contributed by atoms with Crippen LogP contribution >= 0.6 is 0 Å². The van der Waals surface area contributed by atoms with Crippen molar-refractivity contribution in [1.29, 1.82) is 0 Å². The second kappa shape index (κ2) is 5.34. The fourth-order valence-electron chi connectivity index (χ4n) is 4.73. The molecule has 2 atom stereocenters. The standard InChI is InChI=1S/C16H33N3/c1-13-10-15(2,3)11-16(13,12-17)19(5)14-6-8-18(4)9-7-14/h13-14H,6-12,17H2,1-5H3. The summed E-state index contributed by atoms with van der Waals surface area (Å²) in [5.41, 5.74) is 6.93. The number of nitrogens with two attached hydrogens (primary N) is 1. The minimum atomic E-state index is 0.226. The van der Waals surface area contributed by atoms with Crippen molar-refractivity contribution < 1.29 is 0 Å². The largest absolute Gasteiger partial charge is 0.329 e. The van der Waals surface area contributed by atoms with Crippen molar-refractivity contribution in [2.45, 2.75) is 58.0 Å². The Bertz CT molecular complexity index is 307. The van der Waals surface area contributed by atoms with E-state index >= 15 is 0 Å². The molecule has 2 rings (SSSR count). The van der Waals surface area contributed by atoms with Gasteiger partial charge in [-0.3, -0.25) is 4.90 Å². The van der Waals surface area contributed by atoms with Crippen LogP contribution in [0.1, 0.15) is 46.5 Å². The van der Waals surface area contributed by atoms with Crippen LogP contribution in [0.15, 0.2) is 0 Å². The molecule has 1 aliphatic heterocycles. The molecular weight excluding hydrogens is 234 g/mol. The molecule has 0 bridgehead atoms. The normalized spacial score (nSPS) is 37.1. The van der Waals surface area contributed by atoms with Gasteiger partial charge in [-0.1, -0.05) is 20.8 Å². The van der Waals surface area contributed by atoms with Gasteiger partial charge in [-0.05, 0) is 64.2 Å². The number of piperidine rings is 1. The van der Waals surface area contributed by atoms with E-state index in [1.54, 1.807) is 0 Å². The van der Waals surface area contributed by atoms with Gasteiger partial charge in [0.25, 0.3) is 0 Å². The minimum Gasteiger partial charge on any atom is -0.329 e. The summed E-state index contributed by atoms with van der Waals surface area (Å²) in [6.45, 7) is 10.5. The Morgan fingerprint density at radius 3 is 2.26 bits per heavy atom. The molecule has 1 heterocycles. The van der Waals surface area contributed by atoms with E-state index in [0.29, 0.717) is 11.3 Å². The fourth-order valence-corrected chi connectivity index (χ4v) is 4.73. The Morgan fingerprint density at radius 2 is 1.84 bits per heavy atom. The zero-order valence-corrected chi connectivity index (χ0v) is 13.6. The van der Waals surface area contributed by atoms with Crippen molar-refractivity contribution in [3.8, 4) is 0 Å². The predicted octanol–water partition coefficient (Wildman–Crippen LogP) is 2.17. The zero-order chi connectivity index (χ0) is 14.3. The van der Waals surface area contributed by atoms with Gasteiger partial charge in [0, 0.05) is 18.1 Å². The topological polar surface area (TPSA) is 32.5 Å². The van der Waals surface area contributed by atoms with Crippen LogP contribution in [0, 0.1) is 11.3 Å². The molecule has 0 aromatic carbocycles. The number of hydrogen-bond donors (Lipinski definition) is 1. The molecule has 0 radical (unpaired) electrons. The van der Waals surface area contributed by atoms with Gasteiger partial charge in [0.2, 0.25) is 0 Å². The molecule has 2 fully saturated rings. The number of likely N-dealkylation sites (N-methyl/N-ethyl adjacent to an activating group) is 1. The lowest BCUT2D eigenvalue weighted by atomic mass is 9.83. The summed E-state index contributed by atoms with van der Waals surface area (Å²) in [5, 5.41) is 0. The molecule has 2 N–H and O–H groups in total. The lowest BCUT2D eigenvalue weighted by Gasteiger charge is -2.48. The van der Waals surface area contributed by atoms with Gasteiger partial charge in [-0.15, -0.1) is 0 Å². The molecule has 2 unspecified atom stereocenters. The number of likely N-dealkylation sites (tertiary alicyclic amines) is 1. The molecule has 2 aliphatic rings. The van der Waals surface area contributed by atoms with Crippen molar-refractivity contribution in [3.63, 3.8) is 0 Å². The molecule has 0 amide bonds. The molecule has 1 saturated carbocycles. The van der Waals surface area contributed by atoms with Gasteiger partial charge in [0.1, 0.15) is 0 Å². The van der Waals surface area contributed by atoms with Crippen molar-refractivity contribution in [2.24, 2.45) is 17.1 Å². The van der Waals surface area contributed by atoms with E-state index in [9.17, 15) is 0 Å². The molecular formula is C16H33N3. The van der Waals surface area contributed by atoms with Gasteiger partial charge in [0.15, 0.2) is 0 Å². The van der Waals surface area contributed by atoms with Crippen molar-refractivity contribution in [3.05, 3.63) is 0 Å². The first-order chi connectivity index (χ1) is 8.81. The summed E-state index contributed by atoms with van der Waals surface area (Å²) in [4.78, 5) is 5.11. The van der Waals surface area contributed by atoms with E-state index in [4.69, 9.17) is 5.73 Å². The average Bonchev–Trinajstić information content (AvgIpc) is 2.59. The first kappa shape index (κ1) is 15.3. The van der Waals surface area contributed by atoms with E-state index in [1.165, 1.54) is 38.8 Å². The Morgan fingerprint density at radius 1 is 1.26 bits per heavy atom. The molecule has 3 heteroatoms. The smallest absolute Gasteiger partial charge is 0.0362 e. The zero-order valence-electron chi connectivity index (χ0n) is 13.6. The van der Waals surface area contributed by atoms with Gasteiger partial charge < -0.3 is 10.6 Å². The number of nitrogens with zero attached hydrogens (tertiary/aromatic N) is 2. The predicted molar refractivity (Wildman–Crippen MR) is 82.2 cm³/mol. The van der Waals surface area contributed by atoms with Crippen LogP contribution in [0.2, 0.25) is 0 Å². The van der Waals surface area contributed by atoms with Crippen LogP contribution < -0.4 is 5.73 Å². The quantitative estimate of drug-likeness (QED) is 0.850. The summed E-state index contributed by atoms with van der Waals surface area (Å²) in [5.74, 6) is 0.706. The fraction of sp³-hybridized carbons (Fsp3) is 1.00. The third kappa shape index (κ3) is 2.84. The molecule has 0 spiro atoms. The van der Waals surface area contributed by atoms with Gasteiger partial charge in [-0.25, -0.2) is 0 Å². The summed E-state index contributed by atoms with van der Waals surface area (Å²) >= 11 is 0. The maximum Gasteiger partial charge on any atom is 0.0362 e. The number of rotatable bonds is 3. The molecule has 1 aliphatic carbocycles. The Labute approximate surface area is 119 Å². The molecule has 1 saturated heterocycles. The molecule has 19 heavy (non-hydrogen) atoms. The minimum absolute atomic E-state index is 0.226. The maximum atomic E-state index is 6.26. The molecule has 0 aromatic rings. The third-order valence-corrected chi connectivity index (χ3v) is 5.85. The van der Waals surface area contributed by atoms with Crippen molar-refractivity contribution >= 4 is 0 Å². The van der Waals surface area contributed by atoms with Gasteiger partial charge >= 0.3 is 0 Å². The van der Waals surface area contributed by atoms with Crippen LogP contribution in [-0.4, -0.2) is 55.1 Å². The average molecular weight is 267 g/mol. The highest BCUT2D eigenvalue weighted by molar-refractivity contribution is 5.07. The Hall–Kier alpha value is -0.120. The van der Waals surface area contributed by atoms with Crippen LogP contribution in [0.25, 0.3) is 0 Å². The van der Waals surface area contributed by atoms with E-state index in [-0.39, 0.29) is 5.54 Å². The first-order valence-corrected chi connectivity index (χ1v) is 7.92. The van der Waals surface area contributed by atoms with Gasteiger partial charge in [0.05, 0.1) is 0 Å². The van der Waals surface area contributed by atoms with Gasteiger partial charge in [-0.2, -0.15) is 0 Å². The highest BCUT2D eigenvalue weighted by Gasteiger charge is 2.51. The second-order valence-corrected chi connectivity index (χ2v) is 7.90. The van der Waals surface area contributed by atoms with Crippen LogP contribution in [0.3, 0.4) is 0 Å². The second-order valence-electron chi connectivity index (χ2n) is 7.90. The van der Waals surface area contributed by atoms with E-state index in [2.05, 4.69) is 44.7 Å².